The molecule has 0 fully saturated rings. The maximum atomic E-state index is 13.2. The number of ether oxygens (including phenoxy) is 1. The molecule has 0 saturated heterocycles. The van der Waals surface area contributed by atoms with Crippen LogP contribution < -0.4 is 10.1 Å². The van der Waals surface area contributed by atoms with Crippen LogP contribution in [0.4, 0.5) is 4.39 Å². The number of hydrogen-bond donors (Lipinski definition) is 1. The summed E-state index contributed by atoms with van der Waals surface area (Å²) in [5.74, 6) is 0.163. The van der Waals surface area contributed by atoms with Crippen LogP contribution in [-0.4, -0.2) is 12.5 Å². The largest absolute Gasteiger partial charge is 0.484 e. The molecule has 1 amide bonds. The van der Waals surface area contributed by atoms with Gasteiger partial charge < -0.3 is 10.1 Å². The maximum absolute atomic E-state index is 13.2. The lowest BCUT2D eigenvalue weighted by molar-refractivity contribution is -0.123. The normalized spacial score (nSPS) is 11.8. The average Bonchev–Trinajstić information content (AvgIpc) is 3.14. The number of benzene rings is 2. The molecule has 0 aliphatic carbocycles. The van der Waals surface area contributed by atoms with Crippen molar-refractivity contribution >= 4 is 17.2 Å². The molecule has 0 saturated carbocycles. The third kappa shape index (κ3) is 4.49. The molecule has 0 aliphatic rings. The highest BCUT2D eigenvalue weighted by molar-refractivity contribution is 7.10. The van der Waals surface area contributed by atoms with E-state index in [4.69, 9.17) is 4.74 Å². The van der Waals surface area contributed by atoms with Gasteiger partial charge in [0.1, 0.15) is 11.6 Å². The number of carbonyl (C=O) groups is 1. The van der Waals surface area contributed by atoms with Crippen molar-refractivity contribution < 1.29 is 13.9 Å². The van der Waals surface area contributed by atoms with Crippen molar-refractivity contribution in [3.8, 4) is 5.75 Å². The zero-order valence-corrected chi connectivity index (χ0v) is 15.5. The van der Waals surface area contributed by atoms with Gasteiger partial charge in [0, 0.05) is 4.88 Å². The summed E-state index contributed by atoms with van der Waals surface area (Å²) in [4.78, 5) is 13.4. The second kappa shape index (κ2) is 8.15. The van der Waals surface area contributed by atoms with E-state index in [9.17, 15) is 9.18 Å². The van der Waals surface area contributed by atoms with Crippen LogP contribution in [-0.2, 0) is 4.79 Å². The van der Waals surface area contributed by atoms with E-state index in [1.165, 1.54) is 12.1 Å². The lowest BCUT2D eigenvalue weighted by Gasteiger charge is -2.18. The average molecular weight is 369 g/mol. The summed E-state index contributed by atoms with van der Waals surface area (Å²) in [5.41, 5.74) is 2.97. The van der Waals surface area contributed by atoms with Crippen molar-refractivity contribution in [3.05, 3.63) is 87.4 Å². The van der Waals surface area contributed by atoms with Gasteiger partial charge in [-0.2, -0.15) is 0 Å². The minimum Gasteiger partial charge on any atom is -0.484 e. The number of carbonyl (C=O) groups excluding carboxylic acids is 1. The molecule has 0 radical (unpaired) electrons. The second-order valence-electron chi connectivity index (χ2n) is 6.13. The molecule has 2 aromatic carbocycles. The Balaban J connectivity index is 1.70. The summed E-state index contributed by atoms with van der Waals surface area (Å²) in [6.07, 6.45) is 0. The fraction of sp³-hybridized carbons (Fsp3) is 0.190. The molecule has 134 valence electrons. The van der Waals surface area contributed by atoms with E-state index in [0.29, 0.717) is 5.75 Å². The van der Waals surface area contributed by atoms with Gasteiger partial charge in [-0.1, -0.05) is 35.9 Å². The molecule has 0 bridgehead atoms. The molecule has 3 aromatic rings. The number of thiophene rings is 1. The molecule has 1 aromatic heterocycles. The van der Waals surface area contributed by atoms with Crippen LogP contribution in [0, 0.1) is 19.7 Å². The van der Waals surface area contributed by atoms with Gasteiger partial charge in [-0.3, -0.25) is 4.79 Å². The molecule has 5 heteroatoms. The molecular weight excluding hydrogens is 349 g/mol. The molecular formula is C21H20FNO2S. The van der Waals surface area contributed by atoms with E-state index in [1.54, 1.807) is 23.5 Å². The number of rotatable bonds is 6. The molecule has 0 aliphatic heterocycles. The quantitative estimate of drug-likeness (QED) is 0.678. The lowest BCUT2D eigenvalue weighted by atomic mass is 10.1. The number of aryl methyl sites for hydroxylation is 2. The third-order valence-corrected chi connectivity index (χ3v) is 4.96. The first-order valence-corrected chi connectivity index (χ1v) is 9.19. The predicted octanol–water partition coefficient (Wildman–Crippen LogP) is 4.79. The van der Waals surface area contributed by atoms with E-state index in [-0.39, 0.29) is 24.4 Å². The summed E-state index contributed by atoms with van der Waals surface area (Å²) >= 11 is 1.54. The van der Waals surface area contributed by atoms with E-state index in [0.717, 1.165) is 21.6 Å². The molecule has 1 atom stereocenters. The van der Waals surface area contributed by atoms with Gasteiger partial charge in [0.25, 0.3) is 5.91 Å². The van der Waals surface area contributed by atoms with E-state index < -0.39 is 0 Å². The first-order valence-electron chi connectivity index (χ1n) is 8.31. The highest BCUT2D eigenvalue weighted by Crippen LogP contribution is 2.26. The highest BCUT2D eigenvalue weighted by Gasteiger charge is 2.18. The third-order valence-electron chi connectivity index (χ3n) is 4.03. The van der Waals surface area contributed by atoms with Crippen LogP contribution in [0.3, 0.4) is 0 Å². The van der Waals surface area contributed by atoms with Crippen molar-refractivity contribution in [2.75, 3.05) is 6.61 Å². The smallest absolute Gasteiger partial charge is 0.258 e. The van der Waals surface area contributed by atoms with Crippen molar-refractivity contribution in [2.45, 2.75) is 19.9 Å². The number of halogens is 1. The van der Waals surface area contributed by atoms with Gasteiger partial charge in [0.2, 0.25) is 0 Å². The first kappa shape index (κ1) is 18.1. The van der Waals surface area contributed by atoms with Gasteiger partial charge in [0.05, 0.1) is 6.04 Å². The Labute approximate surface area is 156 Å². The van der Waals surface area contributed by atoms with E-state index in [1.807, 2.05) is 49.6 Å². The van der Waals surface area contributed by atoms with Crippen LogP contribution in [0.15, 0.2) is 60.0 Å². The molecule has 3 rings (SSSR count). The van der Waals surface area contributed by atoms with Crippen LogP contribution in [0.1, 0.15) is 27.6 Å². The number of nitrogens with one attached hydrogen (secondary N) is 1. The summed E-state index contributed by atoms with van der Waals surface area (Å²) in [6, 6.07) is 15.5. The zero-order chi connectivity index (χ0) is 18.5. The van der Waals surface area contributed by atoms with Gasteiger partial charge in [-0.05, 0) is 54.6 Å². The highest BCUT2D eigenvalue weighted by atomic mass is 32.1. The van der Waals surface area contributed by atoms with Crippen molar-refractivity contribution in [1.29, 1.82) is 0 Å². The summed E-state index contributed by atoms with van der Waals surface area (Å²) in [5, 5.41) is 4.93. The fourth-order valence-corrected chi connectivity index (χ4v) is 3.54. The SMILES string of the molecule is Cc1ccc(OCC(=O)N[C@H](c2ccc(F)cc2)c2cccs2)c(C)c1. The van der Waals surface area contributed by atoms with Crippen molar-refractivity contribution in [2.24, 2.45) is 0 Å². The minimum atomic E-state index is -0.328. The summed E-state index contributed by atoms with van der Waals surface area (Å²) in [6.45, 7) is 3.89. The van der Waals surface area contributed by atoms with Crippen LogP contribution in [0.25, 0.3) is 0 Å². The standard InChI is InChI=1S/C21H20FNO2S/c1-14-5-10-18(15(2)12-14)25-13-20(24)23-21(19-4-3-11-26-19)16-6-8-17(22)9-7-16/h3-12,21H,13H2,1-2H3,(H,23,24)/t21-/m1/s1. The number of amides is 1. The van der Waals surface area contributed by atoms with Gasteiger partial charge in [-0.25, -0.2) is 4.39 Å². The molecule has 1 heterocycles. The van der Waals surface area contributed by atoms with Gasteiger partial charge >= 0.3 is 0 Å². The van der Waals surface area contributed by atoms with Crippen molar-refractivity contribution in [3.63, 3.8) is 0 Å². The Hall–Kier alpha value is -2.66. The molecule has 0 unspecified atom stereocenters. The Kier molecular flexibility index (Phi) is 5.68. The van der Waals surface area contributed by atoms with E-state index >= 15 is 0 Å². The summed E-state index contributed by atoms with van der Waals surface area (Å²) in [7, 11) is 0. The maximum Gasteiger partial charge on any atom is 0.258 e. The van der Waals surface area contributed by atoms with Gasteiger partial charge in [-0.15, -0.1) is 11.3 Å². The first-order chi connectivity index (χ1) is 12.5. The van der Waals surface area contributed by atoms with Crippen LogP contribution in [0.5, 0.6) is 5.75 Å². The minimum absolute atomic E-state index is 0.0764. The van der Waals surface area contributed by atoms with E-state index in [2.05, 4.69) is 5.32 Å². The number of hydrogen-bond acceptors (Lipinski definition) is 3. The molecule has 0 spiro atoms. The summed E-state index contributed by atoms with van der Waals surface area (Å²) < 4.78 is 18.9. The Morgan fingerprint density at radius 3 is 2.58 bits per heavy atom. The molecule has 3 nitrogen and oxygen atoms in total. The predicted molar refractivity (Wildman–Crippen MR) is 102 cm³/mol. The van der Waals surface area contributed by atoms with Gasteiger partial charge in [0.15, 0.2) is 6.61 Å². The molecule has 26 heavy (non-hydrogen) atoms. The monoisotopic (exact) mass is 369 g/mol. The Bertz CT molecular complexity index is 876. The zero-order valence-electron chi connectivity index (χ0n) is 14.7. The second-order valence-corrected chi connectivity index (χ2v) is 7.10. The fourth-order valence-electron chi connectivity index (χ4n) is 2.74. The molecule has 1 N–H and O–H groups in total. The van der Waals surface area contributed by atoms with Crippen LogP contribution in [0.2, 0.25) is 0 Å². The lowest BCUT2D eigenvalue weighted by Crippen LogP contribution is -2.33. The van der Waals surface area contributed by atoms with Crippen LogP contribution >= 0.6 is 11.3 Å². The van der Waals surface area contributed by atoms with Crippen molar-refractivity contribution in [1.82, 2.24) is 5.32 Å². The Morgan fingerprint density at radius 1 is 1.15 bits per heavy atom. The Morgan fingerprint density at radius 2 is 1.92 bits per heavy atom. The topological polar surface area (TPSA) is 38.3 Å².